The van der Waals surface area contributed by atoms with Crippen LogP contribution in [-0.4, -0.2) is 46.4 Å². The molecule has 1 atom stereocenters. The van der Waals surface area contributed by atoms with Crippen LogP contribution < -0.4 is 5.73 Å². The molecule has 1 aromatic heterocycles. The molecule has 6 nitrogen and oxygen atoms in total. The molecule has 17 heavy (non-hydrogen) atoms. The topological polar surface area (TPSA) is 73.4 Å². The van der Waals surface area contributed by atoms with Crippen molar-refractivity contribution in [2.45, 2.75) is 26.4 Å². The van der Waals surface area contributed by atoms with E-state index in [9.17, 15) is 4.79 Å². The minimum absolute atomic E-state index is 0.0577. The number of carbonyl (C=O) groups is 1. The highest BCUT2D eigenvalue weighted by Gasteiger charge is 2.28. The fraction of sp³-hybridized carbons (Fsp3) is 0.636. The summed E-state index contributed by atoms with van der Waals surface area (Å²) in [6, 6.07) is 0.0795. The number of hydrogen-bond donors (Lipinski definition) is 1. The molecule has 0 spiro atoms. The van der Waals surface area contributed by atoms with Crippen LogP contribution in [0.1, 0.15) is 24.3 Å². The Hall–Kier alpha value is -1.56. The van der Waals surface area contributed by atoms with E-state index in [0.29, 0.717) is 37.7 Å². The third kappa shape index (κ3) is 2.12. The van der Waals surface area contributed by atoms with Crippen LogP contribution in [0.4, 0.5) is 5.69 Å². The Morgan fingerprint density at radius 2 is 2.47 bits per heavy atom. The summed E-state index contributed by atoms with van der Waals surface area (Å²) >= 11 is 0. The molecule has 6 heteroatoms. The van der Waals surface area contributed by atoms with E-state index < -0.39 is 0 Å². The molecule has 2 N–H and O–H groups in total. The van der Waals surface area contributed by atoms with Crippen molar-refractivity contribution in [2.24, 2.45) is 0 Å². The standard InChI is InChI=1S/C11H18N4O2/c1-3-15-10(9(12)6-13-15)11(16)14-4-5-17-7-8(14)2/h6,8H,3-5,7,12H2,1-2H3. The molecule has 2 heterocycles. The van der Waals surface area contributed by atoms with E-state index in [0.717, 1.165) is 0 Å². The number of carbonyl (C=O) groups excluding carboxylic acids is 1. The van der Waals surface area contributed by atoms with Gasteiger partial charge in [0.25, 0.3) is 5.91 Å². The van der Waals surface area contributed by atoms with Gasteiger partial charge >= 0.3 is 0 Å². The van der Waals surface area contributed by atoms with Crippen molar-refractivity contribution >= 4 is 11.6 Å². The number of aromatic nitrogens is 2. The van der Waals surface area contributed by atoms with Gasteiger partial charge in [-0.25, -0.2) is 0 Å². The maximum atomic E-state index is 12.4. The summed E-state index contributed by atoms with van der Waals surface area (Å²) < 4.78 is 6.96. The highest BCUT2D eigenvalue weighted by atomic mass is 16.5. The van der Waals surface area contributed by atoms with Crippen molar-refractivity contribution in [1.29, 1.82) is 0 Å². The molecule has 94 valence electrons. The number of aryl methyl sites for hydroxylation is 1. The molecule has 0 aliphatic carbocycles. The number of rotatable bonds is 2. The van der Waals surface area contributed by atoms with Crippen LogP contribution in [0.15, 0.2) is 6.20 Å². The van der Waals surface area contributed by atoms with Crippen LogP contribution in [0.3, 0.4) is 0 Å². The van der Waals surface area contributed by atoms with Crippen LogP contribution in [-0.2, 0) is 11.3 Å². The summed E-state index contributed by atoms with van der Waals surface area (Å²) in [7, 11) is 0. The highest BCUT2D eigenvalue weighted by molar-refractivity contribution is 5.97. The number of nitrogen functional groups attached to an aromatic ring is 1. The van der Waals surface area contributed by atoms with Crippen molar-refractivity contribution in [3.05, 3.63) is 11.9 Å². The second-order valence-corrected chi connectivity index (χ2v) is 4.19. The van der Waals surface area contributed by atoms with E-state index in [1.807, 2.05) is 13.8 Å². The van der Waals surface area contributed by atoms with Crippen LogP contribution in [0.5, 0.6) is 0 Å². The predicted octanol–water partition coefficient (Wildman–Crippen LogP) is 0.346. The van der Waals surface area contributed by atoms with Crippen molar-refractivity contribution in [3.8, 4) is 0 Å². The minimum Gasteiger partial charge on any atom is -0.396 e. The zero-order chi connectivity index (χ0) is 12.4. The molecule has 1 aliphatic heterocycles. The fourth-order valence-corrected chi connectivity index (χ4v) is 2.04. The van der Waals surface area contributed by atoms with Crippen molar-refractivity contribution in [1.82, 2.24) is 14.7 Å². The van der Waals surface area contributed by atoms with Gasteiger partial charge in [0.2, 0.25) is 0 Å². The molecule has 0 aromatic carbocycles. The summed E-state index contributed by atoms with van der Waals surface area (Å²) in [6.07, 6.45) is 1.53. The van der Waals surface area contributed by atoms with Gasteiger partial charge in [-0.2, -0.15) is 5.10 Å². The molecular weight excluding hydrogens is 220 g/mol. The smallest absolute Gasteiger partial charge is 0.274 e. The molecule has 1 unspecified atom stereocenters. The van der Waals surface area contributed by atoms with E-state index in [2.05, 4.69) is 5.10 Å². The van der Waals surface area contributed by atoms with Gasteiger partial charge in [-0.1, -0.05) is 0 Å². The first kappa shape index (κ1) is 11.9. The molecule has 1 amide bonds. The normalized spacial score (nSPS) is 20.6. The third-order valence-electron chi connectivity index (χ3n) is 3.00. The molecule has 0 saturated carbocycles. The zero-order valence-corrected chi connectivity index (χ0v) is 10.2. The Balaban J connectivity index is 2.26. The first-order valence-electron chi connectivity index (χ1n) is 5.85. The second-order valence-electron chi connectivity index (χ2n) is 4.19. The Morgan fingerprint density at radius 1 is 1.71 bits per heavy atom. The Morgan fingerprint density at radius 3 is 3.12 bits per heavy atom. The molecule has 2 rings (SSSR count). The number of morpholine rings is 1. The van der Waals surface area contributed by atoms with Crippen LogP contribution in [0.2, 0.25) is 0 Å². The fourth-order valence-electron chi connectivity index (χ4n) is 2.04. The summed E-state index contributed by atoms with van der Waals surface area (Å²) in [4.78, 5) is 14.2. The molecule has 1 aliphatic rings. The Labute approximate surface area is 100 Å². The van der Waals surface area contributed by atoms with E-state index in [-0.39, 0.29) is 11.9 Å². The van der Waals surface area contributed by atoms with Gasteiger partial charge in [0.1, 0.15) is 5.69 Å². The highest BCUT2D eigenvalue weighted by Crippen LogP contribution is 2.17. The van der Waals surface area contributed by atoms with Crippen LogP contribution in [0.25, 0.3) is 0 Å². The van der Waals surface area contributed by atoms with E-state index >= 15 is 0 Å². The average Bonchev–Trinajstić information content (AvgIpc) is 2.70. The number of hydrogen-bond acceptors (Lipinski definition) is 4. The first-order chi connectivity index (χ1) is 8.15. The van der Waals surface area contributed by atoms with Gasteiger partial charge in [-0.05, 0) is 13.8 Å². The van der Waals surface area contributed by atoms with Crippen LogP contribution >= 0.6 is 0 Å². The van der Waals surface area contributed by atoms with Crippen molar-refractivity contribution < 1.29 is 9.53 Å². The second kappa shape index (κ2) is 4.75. The first-order valence-corrected chi connectivity index (χ1v) is 5.85. The minimum atomic E-state index is -0.0577. The Kier molecular flexibility index (Phi) is 3.33. The molecule has 1 fully saturated rings. The average molecular weight is 238 g/mol. The summed E-state index contributed by atoms with van der Waals surface area (Å²) in [5, 5.41) is 4.09. The summed E-state index contributed by atoms with van der Waals surface area (Å²) in [5.74, 6) is -0.0577. The summed E-state index contributed by atoms with van der Waals surface area (Å²) in [5.41, 5.74) is 6.74. The van der Waals surface area contributed by atoms with Gasteiger partial charge in [-0.3, -0.25) is 9.48 Å². The number of nitrogens with two attached hydrogens (primary N) is 1. The third-order valence-corrected chi connectivity index (χ3v) is 3.00. The van der Waals surface area contributed by atoms with Crippen molar-refractivity contribution in [3.63, 3.8) is 0 Å². The summed E-state index contributed by atoms with van der Waals surface area (Å²) in [6.45, 7) is 6.30. The van der Waals surface area contributed by atoms with E-state index in [4.69, 9.17) is 10.5 Å². The molecule has 1 aromatic rings. The number of nitrogens with zero attached hydrogens (tertiary/aromatic N) is 3. The quantitative estimate of drug-likeness (QED) is 0.806. The number of amides is 1. The number of anilines is 1. The maximum absolute atomic E-state index is 12.4. The SMILES string of the molecule is CCn1ncc(N)c1C(=O)N1CCOCC1C. The van der Waals surface area contributed by atoms with Gasteiger partial charge in [0.15, 0.2) is 0 Å². The lowest BCUT2D eigenvalue weighted by Gasteiger charge is -2.33. The van der Waals surface area contributed by atoms with Gasteiger partial charge in [0, 0.05) is 13.1 Å². The molecular formula is C11H18N4O2. The lowest BCUT2D eigenvalue weighted by molar-refractivity contribution is 0.00300. The lowest BCUT2D eigenvalue weighted by Crippen LogP contribution is -2.47. The van der Waals surface area contributed by atoms with Crippen LogP contribution in [0, 0.1) is 0 Å². The molecule has 0 bridgehead atoms. The van der Waals surface area contributed by atoms with Gasteiger partial charge in [0.05, 0.1) is 31.1 Å². The molecule has 1 saturated heterocycles. The van der Waals surface area contributed by atoms with E-state index in [1.165, 1.54) is 6.20 Å². The maximum Gasteiger partial charge on any atom is 0.274 e. The van der Waals surface area contributed by atoms with Gasteiger partial charge < -0.3 is 15.4 Å². The molecule has 0 radical (unpaired) electrons. The monoisotopic (exact) mass is 238 g/mol. The van der Waals surface area contributed by atoms with Crippen molar-refractivity contribution in [2.75, 3.05) is 25.5 Å². The predicted molar refractivity (Wildman–Crippen MR) is 63.6 cm³/mol. The number of ether oxygens (including phenoxy) is 1. The van der Waals surface area contributed by atoms with E-state index in [1.54, 1.807) is 9.58 Å². The Bertz CT molecular complexity index is 416. The zero-order valence-electron chi connectivity index (χ0n) is 10.2. The largest absolute Gasteiger partial charge is 0.396 e. The van der Waals surface area contributed by atoms with Gasteiger partial charge in [-0.15, -0.1) is 0 Å². The lowest BCUT2D eigenvalue weighted by atomic mass is 10.2.